The van der Waals surface area contributed by atoms with Gasteiger partial charge in [-0.1, -0.05) is 23.2 Å². The van der Waals surface area contributed by atoms with Crippen molar-refractivity contribution in [2.45, 2.75) is 25.9 Å². The summed E-state index contributed by atoms with van der Waals surface area (Å²) in [4.78, 5) is 6.67. The number of ether oxygens (including phenoxy) is 1. The van der Waals surface area contributed by atoms with E-state index in [1.807, 2.05) is 13.0 Å². The van der Waals surface area contributed by atoms with Crippen LogP contribution in [0.1, 0.15) is 18.7 Å². The van der Waals surface area contributed by atoms with Crippen LogP contribution in [0.2, 0.25) is 10.0 Å². The van der Waals surface area contributed by atoms with E-state index in [-0.39, 0.29) is 6.10 Å². The molecule has 1 aromatic heterocycles. The lowest BCUT2D eigenvalue weighted by Gasteiger charge is -2.32. The van der Waals surface area contributed by atoms with Crippen molar-refractivity contribution in [2.24, 2.45) is 0 Å². The molecule has 1 atom stereocenters. The third-order valence-corrected chi connectivity index (χ3v) is 4.97. The second-order valence-electron chi connectivity index (χ2n) is 5.03. The third kappa shape index (κ3) is 3.59. The predicted octanol–water partition coefficient (Wildman–Crippen LogP) is 4.20. The van der Waals surface area contributed by atoms with Crippen LogP contribution in [0.25, 0.3) is 0 Å². The summed E-state index contributed by atoms with van der Waals surface area (Å²) in [5, 5.41) is 2.02. The summed E-state index contributed by atoms with van der Waals surface area (Å²) in [5.41, 5.74) is 0. The largest absolute Gasteiger partial charge is 0.489 e. The number of aromatic nitrogens is 2. The molecular weight excluding hydrogens is 329 g/mol. The van der Waals surface area contributed by atoms with Gasteiger partial charge in [-0.2, -0.15) is 4.37 Å². The average Bonchev–Trinajstić information content (AvgIpc) is 2.90. The van der Waals surface area contributed by atoms with Gasteiger partial charge in [0.2, 0.25) is 5.13 Å². The lowest BCUT2D eigenvalue weighted by molar-refractivity contribution is 0.179. The fourth-order valence-corrected chi connectivity index (χ4v) is 3.36. The van der Waals surface area contributed by atoms with Crippen molar-refractivity contribution in [3.8, 4) is 5.75 Å². The molecule has 0 spiro atoms. The zero-order valence-corrected chi connectivity index (χ0v) is 13.9. The highest BCUT2D eigenvalue weighted by Gasteiger charge is 2.23. The summed E-state index contributed by atoms with van der Waals surface area (Å²) < 4.78 is 10.3. The Kier molecular flexibility index (Phi) is 4.52. The van der Waals surface area contributed by atoms with E-state index in [0.29, 0.717) is 10.0 Å². The molecule has 21 heavy (non-hydrogen) atoms. The standard InChI is InChI=1S/C14H15Cl2N3OS/c1-9-17-14(21-18-9)19-6-2-3-11(8-19)20-10-4-5-12(15)13(16)7-10/h4-5,7,11H,2-3,6,8H2,1H3. The number of halogens is 2. The quantitative estimate of drug-likeness (QED) is 0.836. The molecule has 0 radical (unpaired) electrons. The highest BCUT2D eigenvalue weighted by Crippen LogP contribution is 2.29. The Morgan fingerprint density at radius 2 is 2.19 bits per heavy atom. The van der Waals surface area contributed by atoms with Gasteiger partial charge >= 0.3 is 0 Å². The minimum absolute atomic E-state index is 0.125. The first-order chi connectivity index (χ1) is 10.1. The van der Waals surface area contributed by atoms with Gasteiger partial charge in [-0.05, 0) is 31.9 Å². The molecule has 1 aliphatic rings. The molecule has 1 saturated heterocycles. The van der Waals surface area contributed by atoms with Crippen molar-refractivity contribution < 1.29 is 4.74 Å². The van der Waals surface area contributed by atoms with E-state index in [2.05, 4.69) is 14.3 Å². The van der Waals surface area contributed by atoms with E-state index < -0.39 is 0 Å². The van der Waals surface area contributed by atoms with E-state index in [9.17, 15) is 0 Å². The first-order valence-corrected chi connectivity index (χ1v) is 8.32. The van der Waals surface area contributed by atoms with Crippen LogP contribution in [0, 0.1) is 6.92 Å². The Morgan fingerprint density at radius 3 is 2.90 bits per heavy atom. The lowest BCUT2D eigenvalue weighted by atomic mass is 10.1. The van der Waals surface area contributed by atoms with Crippen molar-refractivity contribution >= 4 is 39.9 Å². The molecule has 0 bridgehead atoms. The molecule has 0 aliphatic carbocycles. The fraction of sp³-hybridized carbons (Fsp3) is 0.429. The molecule has 0 saturated carbocycles. The summed E-state index contributed by atoms with van der Waals surface area (Å²) in [6, 6.07) is 5.37. The second-order valence-corrected chi connectivity index (χ2v) is 6.57. The van der Waals surface area contributed by atoms with Gasteiger partial charge in [0.15, 0.2) is 0 Å². The Balaban J connectivity index is 1.67. The van der Waals surface area contributed by atoms with Gasteiger partial charge in [-0.25, -0.2) is 4.98 Å². The molecule has 2 heterocycles. The minimum Gasteiger partial charge on any atom is -0.489 e. The van der Waals surface area contributed by atoms with E-state index in [4.69, 9.17) is 27.9 Å². The Morgan fingerprint density at radius 1 is 1.33 bits per heavy atom. The Hall–Kier alpha value is -1.04. The van der Waals surface area contributed by atoms with Gasteiger partial charge in [-0.3, -0.25) is 0 Å². The molecule has 0 amide bonds. The van der Waals surface area contributed by atoms with Crippen molar-refractivity contribution in [1.82, 2.24) is 9.36 Å². The SMILES string of the molecule is Cc1nsc(N2CCCC(Oc3ccc(Cl)c(Cl)c3)C2)n1. The minimum atomic E-state index is 0.125. The first-order valence-electron chi connectivity index (χ1n) is 6.79. The summed E-state index contributed by atoms with van der Waals surface area (Å²) in [6.45, 7) is 3.72. The van der Waals surface area contributed by atoms with Gasteiger partial charge in [0.05, 0.1) is 16.6 Å². The van der Waals surface area contributed by atoms with Crippen LogP contribution in [0.4, 0.5) is 5.13 Å². The van der Waals surface area contributed by atoms with Gasteiger partial charge in [0.1, 0.15) is 17.7 Å². The van der Waals surface area contributed by atoms with Crippen LogP contribution in [0.3, 0.4) is 0 Å². The highest BCUT2D eigenvalue weighted by atomic mass is 35.5. The van der Waals surface area contributed by atoms with Crippen LogP contribution < -0.4 is 9.64 Å². The van der Waals surface area contributed by atoms with Crippen LogP contribution >= 0.6 is 34.7 Å². The number of piperidine rings is 1. The predicted molar refractivity (Wildman–Crippen MR) is 87.0 cm³/mol. The van der Waals surface area contributed by atoms with Crippen LogP contribution in [-0.2, 0) is 0 Å². The molecule has 0 N–H and O–H groups in total. The highest BCUT2D eigenvalue weighted by molar-refractivity contribution is 7.09. The van der Waals surface area contributed by atoms with Gasteiger partial charge in [-0.15, -0.1) is 0 Å². The molecule has 1 aliphatic heterocycles. The van der Waals surface area contributed by atoms with Crippen LogP contribution in [-0.4, -0.2) is 28.6 Å². The smallest absolute Gasteiger partial charge is 0.205 e. The van der Waals surface area contributed by atoms with Crippen LogP contribution in [0.15, 0.2) is 18.2 Å². The number of hydrogen-bond donors (Lipinski definition) is 0. The molecule has 1 unspecified atom stereocenters. The second kappa shape index (κ2) is 6.38. The van der Waals surface area contributed by atoms with Gasteiger partial charge in [0, 0.05) is 24.1 Å². The van der Waals surface area contributed by atoms with Gasteiger partial charge < -0.3 is 9.64 Å². The maximum absolute atomic E-state index is 6.02. The number of hydrogen-bond acceptors (Lipinski definition) is 5. The molecule has 3 rings (SSSR count). The fourth-order valence-electron chi connectivity index (χ4n) is 2.37. The zero-order valence-electron chi connectivity index (χ0n) is 11.6. The molecule has 1 fully saturated rings. The zero-order chi connectivity index (χ0) is 14.8. The summed E-state index contributed by atoms with van der Waals surface area (Å²) >= 11 is 13.4. The molecule has 112 valence electrons. The monoisotopic (exact) mass is 343 g/mol. The average molecular weight is 344 g/mol. The topological polar surface area (TPSA) is 38.2 Å². The van der Waals surface area contributed by atoms with Crippen molar-refractivity contribution in [3.05, 3.63) is 34.1 Å². The maximum Gasteiger partial charge on any atom is 0.205 e. The molecule has 7 heteroatoms. The number of nitrogens with zero attached hydrogens (tertiary/aromatic N) is 3. The maximum atomic E-state index is 6.02. The van der Waals surface area contributed by atoms with E-state index in [1.165, 1.54) is 11.5 Å². The number of rotatable bonds is 3. The van der Waals surface area contributed by atoms with Crippen molar-refractivity contribution in [3.63, 3.8) is 0 Å². The van der Waals surface area contributed by atoms with Crippen molar-refractivity contribution in [1.29, 1.82) is 0 Å². The Labute approximate surface area is 137 Å². The molecule has 4 nitrogen and oxygen atoms in total. The normalized spacial score (nSPS) is 18.8. The molecule has 1 aromatic carbocycles. The van der Waals surface area contributed by atoms with Crippen molar-refractivity contribution in [2.75, 3.05) is 18.0 Å². The van der Waals surface area contributed by atoms with Gasteiger partial charge in [0.25, 0.3) is 0 Å². The molecule has 2 aromatic rings. The summed E-state index contributed by atoms with van der Waals surface area (Å²) in [5.74, 6) is 1.58. The lowest BCUT2D eigenvalue weighted by Crippen LogP contribution is -2.41. The Bertz CT molecular complexity index is 634. The number of aryl methyl sites for hydroxylation is 1. The molecular formula is C14H15Cl2N3OS. The number of benzene rings is 1. The number of anilines is 1. The third-order valence-electron chi connectivity index (χ3n) is 3.36. The first kappa shape index (κ1) is 14.9. The van der Waals surface area contributed by atoms with E-state index >= 15 is 0 Å². The van der Waals surface area contributed by atoms with Crippen LogP contribution in [0.5, 0.6) is 5.75 Å². The van der Waals surface area contributed by atoms with E-state index in [0.717, 1.165) is 42.6 Å². The van der Waals surface area contributed by atoms with E-state index in [1.54, 1.807) is 12.1 Å². The summed E-state index contributed by atoms with van der Waals surface area (Å²) in [7, 11) is 0. The summed E-state index contributed by atoms with van der Waals surface area (Å²) in [6.07, 6.45) is 2.22.